The van der Waals surface area contributed by atoms with Crippen LogP contribution in [0.2, 0.25) is 0 Å². The van der Waals surface area contributed by atoms with Gasteiger partial charge >= 0.3 is 0 Å². The van der Waals surface area contributed by atoms with Gasteiger partial charge in [-0.05, 0) is 55.4 Å². The van der Waals surface area contributed by atoms with Crippen LogP contribution in [-0.2, 0) is 11.3 Å². The standard InChI is InChI=1S/C18H27N3OS/c19-18(22)15-5-3-9-21(13-15)12-14-4-1-2-6-17(14)20-16-7-10-23-11-8-16/h1-2,4,6,15-16,20H,3,5,7-13H2,(H2,19,22)/t15-/m0/s1. The van der Waals surface area contributed by atoms with E-state index >= 15 is 0 Å². The normalized spacial score (nSPS) is 23.6. The highest BCUT2D eigenvalue weighted by molar-refractivity contribution is 7.99. The van der Waals surface area contributed by atoms with Gasteiger partial charge in [0.25, 0.3) is 0 Å². The summed E-state index contributed by atoms with van der Waals surface area (Å²) < 4.78 is 0. The zero-order valence-corrected chi connectivity index (χ0v) is 14.5. The Morgan fingerprint density at radius 3 is 2.83 bits per heavy atom. The Morgan fingerprint density at radius 2 is 2.04 bits per heavy atom. The number of likely N-dealkylation sites (tertiary alicyclic amines) is 1. The first-order chi connectivity index (χ1) is 11.2. The van der Waals surface area contributed by atoms with Crippen molar-refractivity contribution >= 4 is 23.4 Å². The summed E-state index contributed by atoms with van der Waals surface area (Å²) in [5.41, 5.74) is 8.08. The number of amides is 1. The number of rotatable bonds is 5. The van der Waals surface area contributed by atoms with Gasteiger partial charge in [0.05, 0.1) is 5.92 Å². The number of nitrogens with zero attached hydrogens (tertiary/aromatic N) is 1. The van der Waals surface area contributed by atoms with E-state index in [0.717, 1.165) is 32.5 Å². The molecule has 2 aliphatic rings. The average molecular weight is 334 g/mol. The van der Waals surface area contributed by atoms with Crippen LogP contribution in [0.5, 0.6) is 0 Å². The third-order valence-electron chi connectivity index (χ3n) is 4.90. The number of nitrogens with one attached hydrogen (secondary N) is 1. The van der Waals surface area contributed by atoms with E-state index < -0.39 is 0 Å². The fourth-order valence-electron chi connectivity index (χ4n) is 3.53. The molecule has 2 heterocycles. The molecule has 23 heavy (non-hydrogen) atoms. The maximum absolute atomic E-state index is 11.5. The summed E-state index contributed by atoms with van der Waals surface area (Å²) in [6.07, 6.45) is 4.48. The number of nitrogens with two attached hydrogens (primary N) is 1. The second kappa shape index (κ2) is 8.06. The van der Waals surface area contributed by atoms with Crippen molar-refractivity contribution in [3.63, 3.8) is 0 Å². The summed E-state index contributed by atoms with van der Waals surface area (Å²) in [7, 11) is 0. The summed E-state index contributed by atoms with van der Waals surface area (Å²) in [4.78, 5) is 13.8. The largest absolute Gasteiger partial charge is 0.382 e. The van der Waals surface area contributed by atoms with E-state index in [2.05, 4.69) is 46.2 Å². The van der Waals surface area contributed by atoms with Crippen LogP contribution in [-0.4, -0.2) is 41.4 Å². The lowest BCUT2D eigenvalue weighted by Crippen LogP contribution is -2.40. The van der Waals surface area contributed by atoms with E-state index in [-0.39, 0.29) is 11.8 Å². The van der Waals surface area contributed by atoms with Crippen LogP contribution in [0.25, 0.3) is 0 Å². The van der Waals surface area contributed by atoms with E-state index in [9.17, 15) is 4.79 Å². The number of primary amides is 1. The summed E-state index contributed by atoms with van der Waals surface area (Å²) >= 11 is 2.05. The Labute approximate surface area is 143 Å². The maximum Gasteiger partial charge on any atom is 0.221 e. The maximum atomic E-state index is 11.5. The smallest absolute Gasteiger partial charge is 0.221 e. The van der Waals surface area contributed by atoms with Crippen molar-refractivity contribution < 1.29 is 4.79 Å². The van der Waals surface area contributed by atoms with Crippen LogP contribution in [0.4, 0.5) is 5.69 Å². The summed E-state index contributed by atoms with van der Waals surface area (Å²) in [5, 5.41) is 3.74. The molecule has 2 saturated heterocycles. The first kappa shape index (κ1) is 16.7. The molecule has 0 aromatic heterocycles. The van der Waals surface area contributed by atoms with Gasteiger partial charge in [-0.3, -0.25) is 9.69 Å². The van der Waals surface area contributed by atoms with Crippen LogP contribution in [0.15, 0.2) is 24.3 Å². The fraction of sp³-hybridized carbons (Fsp3) is 0.611. The number of piperidine rings is 1. The molecule has 3 N–H and O–H groups in total. The summed E-state index contributed by atoms with van der Waals surface area (Å²) in [5.74, 6) is 2.37. The Balaban J connectivity index is 1.64. The van der Waals surface area contributed by atoms with Crippen molar-refractivity contribution in [1.82, 2.24) is 4.90 Å². The minimum Gasteiger partial charge on any atom is -0.382 e. The summed E-state index contributed by atoms with van der Waals surface area (Å²) in [6, 6.07) is 9.19. The van der Waals surface area contributed by atoms with Crippen LogP contribution in [0, 0.1) is 5.92 Å². The summed E-state index contributed by atoms with van der Waals surface area (Å²) in [6.45, 7) is 2.75. The van der Waals surface area contributed by atoms with Gasteiger partial charge in [0, 0.05) is 24.8 Å². The molecular formula is C18H27N3OS. The quantitative estimate of drug-likeness (QED) is 0.870. The van der Waals surface area contributed by atoms with Gasteiger partial charge in [-0.25, -0.2) is 0 Å². The van der Waals surface area contributed by atoms with Crippen molar-refractivity contribution in [2.45, 2.75) is 38.3 Å². The van der Waals surface area contributed by atoms with Crippen molar-refractivity contribution in [2.75, 3.05) is 29.9 Å². The molecule has 2 aliphatic heterocycles. The van der Waals surface area contributed by atoms with Crippen LogP contribution in [0.3, 0.4) is 0 Å². The first-order valence-electron chi connectivity index (χ1n) is 8.66. The molecule has 0 saturated carbocycles. The molecule has 1 aromatic rings. The van der Waals surface area contributed by atoms with E-state index in [1.807, 2.05) is 0 Å². The molecule has 4 nitrogen and oxygen atoms in total. The molecule has 3 rings (SSSR count). The number of carbonyl (C=O) groups is 1. The SMILES string of the molecule is NC(=O)[C@H]1CCCN(Cc2ccccc2NC2CCSCC2)C1. The number of thioether (sulfide) groups is 1. The second-order valence-electron chi connectivity index (χ2n) is 6.66. The van der Waals surface area contributed by atoms with E-state index in [1.54, 1.807) is 0 Å². The molecule has 0 spiro atoms. The molecule has 1 amide bonds. The van der Waals surface area contributed by atoms with Gasteiger partial charge in [-0.15, -0.1) is 0 Å². The predicted molar refractivity (Wildman–Crippen MR) is 97.6 cm³/mol. The van der Waals surface area contributed by atoms with Gasteiger partial charge in [0.2, 0.25) is 5.91 Å². The van der Waals surface area contributed by atoms with Crippen molar-refractivity contribution in [1.29, 1.82) is 0 Å². The van der Waals surface area contributed by atoms with Crippen LogP contribution in [0.1, 0.15) is 31.2 Å². The molecule has 126 valence electrons. The molecule has 0 radical (unpaired) electrons. The van der Waals surface area contributed by atoms with Gasteiger partial charge in [0.15, 0.2) is 0 Å². The van der Waals surface area contributed by atoms with Gasteiger partial charge < -0.3 is 11.1 Å². The van der Waals surface area contributed by atoms with Crippen LogP contribution < -0.4 is 11.1 Å². The highest BCUT2D eigenvalue weighted by atomic mass is 32.2. The van der Waals surface area contributed by atoms with E-state index in [4.69, 9.17) is 5.73 Å². The zero-order valence-electron chi connectivity index (χ0n) is 13.7. The molecule has 1 atom stereocenters. The Hall–Kier alpha value is -1.20. The van der Waals surface area contributed by atoms with Crippen molar-refractivity contribution in [3.8, 4) is 0 Å². The minimum atomic E-state index is -0.152. The predicted octanol–water partition coefficient (Wildman–Crippen LogP) is 2.69. The Bertz CT molecular complexity index is 531. The highest BCUT2D eigenvalue weighted by Gasteiger charge is 2.24. The lowest BCUT2D eigenvalue weighted by atomic mass is 9.97. The molecular weight excluding hydrogens is 306 g/mol. The van der Waals surface area contributed by atoms with Gasteiger partial charge in [0.1, 0.15) is 0 Å². The topological polar surface area (TPSA) is 58.4 Å². The number of carbonyl (C=O) groups excluding carboxylic acids is 1. The second-order valence-corrected chi connectivity index (χ2v) is 7.89. The lowest BCUT2D eigenvalue weighted by molar-refractivity contribution is -0.123. The number of benzene rings is 1. The Kier molecular flexibility index (Phi) is 5.84. The molecule has 0 bridgehead atoms. The number of anilines is 1. The van der Waals surface area contributed by atoms with E-state index in [1.165, 1.54) is 35.6 Å². The lowest BCUT2D eigenvalue weighted by Gasteiger charge is -2.32. The van der Waals surface area contributed by atoms with Crippen LogP contribution >= 0.6 is 11.8 Å². The number of para-hydroxylation sites is 1. The molecule has 2 fully saturated rings. The number of hydrogen-bond donors (Lipinski definition) is 2. The third-order valence-corrected chi connectivity index (χ3v) is 5.95. The van der Waals surface area contributed by atoms with Crippen molar-refractivity contribution in [2.24, 2.45) is 11.7 Å². The average Bonchev–Trinajstić information content (AvgIpc) is 2.58. The minimum absolute atomic E-state index is 0.0132. The molecule has 1 aromatic carbocycles. The Morgan fingerprint density at radius 1 is 1.26 bits per heavy atom. The highest BCUT2D eigenvalue weighted by Crippen LogP contribution is 2.25. The first-order valence-corrected chi connectivity index (χ1v) is 9.81. The fourth-order valence-corrected chi connectivity index (χ4v) is 4.64. The molecule has 0 unspecified atom stereocenters. The zero-order chi connectivity index (χ0) is 16.1. The van der Waals surface area contributed by atoms with Gasteiger partial charge in [-0.1, -0.05) is 18.2 Å². The molecule has 0 aliphatic carbocycles. The van der Waals surface area contributed by atoms with E-state index in [0.29, 0.717) is 6.04 Å². The molecule has 5 heteroatoms. The van der Waals surface area contributed by atoms with Gasteiger partial charge in [-0.2, -0.15) is 11.8 Å². The third kappa shape index (κ3) is 4.64. The van der Waals surface area contributed by atoms with Crippen molar-refractivity contribution in [3.05, 3.63) is 29.8 Å². The number of hydrogen-bond acceptors (Lipinski definition) is 4. The monoisotopic (exact) mass is 333 g/mol.